The van der Waals surface area contributed by atoms with Crippen LogP contribution in [-0.2, 0) is 4.79 Å². The minimum Gasteiger partial charge on any atom is -0.510 e. The van der Waals surface area contributed by atoms with Crippen molar-refractivity contribution in [3.8, 4) is 0 Å². The highest BCUT2D eigenvalue weighted by atomic mass is 32.2. The van der Waals surface area contributed by atoms with E-state index in [0.717, 1.165) is 19.3 Å². The number of carbonyl (C=O) groups excluding carboxylic acids is 1. The van der Waals surface area contributed by atoms with Crippen molar-refractivity contribution in [2.75, 3.05) is 0 Å². The SMILES string of the molecule is CCCCCCCCCCC1(C)SC(=O)C(CCC)=C1O. The number of thioether (sulfide) groups is 1. The molecule has 2 nitrogen and oxygen atoms in total. The van der Waals surface area contributed by atoms with Gasteiger partial charge >= 0.3 is 0 Å². The Balaban J connectivity index is 2.27. The van der Waals surface area contributed by atoms with Crippen molar-refractivity contribution in [2.24, 2.45) is 0 Å². The Labute approximate surface area is 134 Å². The highest BCUT2D eigenvalue weighted by molar-refractivity contribution is 8.15. The zero-order valence-electron chi connectivity index (χ0n) is 14.0. The summed E-state index contributed by atoms with van der Waals surface area (Å²) in [6, 6.07) is 0. The van der Waals surface area contributed by atoms with Crippen molar-refractivity contribution in [3.05, 3.63) is 11.3 Å². The lowest BCUT2D eigenvalue weighted by atomic mass is 9.95. The topological polar surface area (TPSA) is 37.3 Å². The number of aliphatic hydroxyl groups is 1. The van der Waals surface area contributed by atoms with E-state index in [4.69, 9.17) is 0 Å². The molecule has 1 N–H and O–H groups in total. The van der Waals surface area contributed by atoms with Gasteiger partial charge < -0.3 is 5.11 Å². The van der Waals surface area contributed by atoms with E-state index < -0.39 is 0 Å². The summed E-state index contributed by atoms with van der Waals surface area (Å²) in [5, 5.41) is 10.4. The van der Waals surface area contributed by atoms with Gasteiger partial charge in [-0.2, -0.15) is 0 Å². The van der Waals surface area contributed by atoms with Crippen molar-refractivity contribution in [3.63, 3.8) is 0 Å². The molecule has 1 heterocycles. The van der Waals surface area contributed by atoms with Gasteiger partial charge in [-0.15, -0.1) is 0 Å². The fourth-order valence-electron chi connectivity index (χ4n) is 2.97. The van der Waals surface area contributed by atoms with Crippen LogP contribution in [0.15, 0.2) is 11.3 Å². The Bertz CT molecular complexity index is 362. The molecule has 0 aromatic heterocycles. The van der Waals surface area contributed by atoms with Crippen LogP contribution >= 0.6 is 11.8 Å². The molecule has 0 saturated carbocycles. The van der Waals surface area contributed by atoms with Crippen molar-refractivity contribution >= 4 is 16.9 Å². The van der Waals surface area contributed by atoms with Crippen molar-refractivity contribution < 1.29 is 9.90 Å². The molecule has 0 aromatic carbocycles. The number of aliphatic hydroxyl groups excluding tert-OH is 1. The lowest BCUT2D eigenvalue weighted by molar-refractivity contribution is -0.108. The second kappa shape index (κ2) is 9.55. The molecular weight excluding hydrogens is 280 g/mol. The minimum absolute atomic E-state index is 0.0939. The quantitative estimate of drug-likeness (QED) is 0.464. The summed E-state index contributed by atoms with van der Waals surface area (Å²) >= 11 is 1.34. The van der Waals surface area contributed by atoms with Gasteiger partial charge in [0.25, 0.3) is 0 Å². The average Bonchev–Trinajstić information content (AvgIpc) is 2.66. The summed E-state index contributed by atoms with van der Waals surface area (Å²) in [6.07, 6.45) is 12.8. The molecule has 1 aliphatic heterocycles. The van der Waals surface area contributed by atoms with Gasteiger partial charge in [0.1, 0.15) is 5.76 Å². The molecule has 1 aliphatic rings. The maximum Gasteiger partial charge on any atom is 0.219 e. The fourth-order valence-corrected chi connectivity index (χ4v) is 4.16. The Morgan fingerprint density at radius 3 is 2.10 bits per heavy atom. The molecule has 0 aromatic rings. The molecule has 1 rings (SSSR count). The summed E-state index contributed by atoms with van der Waals surface area (Å²) in [7, 11) is 0. The molecule has 1 atom stereocenters. The van der Waals surface area contributed by atoms with Crippen LogP contribution in [0.2, 0.25) is 0 Å². The van der Waals surface area contributed by atoms with Crippen molar-refractivity contribution in [1.29, 1.82) is 0 Å². The minimum atomic E-state index is -0.357. The van der Waals surface area contributed by atoms with Gasteiger partial charge in [0.2, 0.25) is 5.12 Å². The van der Waals surface area contributed by atoms with Crippen LogP contribution in [0.5, 0.6) is 0 Å². The smallest absolute Gasteiger partial charge is 0.219 e. The first-order valence-corrected chi connectivity index (χ1v) is 9.52. The van der Waals surface area contributed by atoms with E-state index in [2.05, 4.69) is 6.92 Å². The van der Waals surface area contributed by atoms with Gasteiger partial charge in [-0.25, -0.2) is 0 Å². The van der Waals surface area contributed by atoms with E-state index in [-0.39, 0.29) is 9.86 Å². The molecule has 1 unspecified atom stereocenters. The molecule has 21 heavy (non-hydrogen) atoms. The molecule has 0 amide bonds. The number of hydrogen-bond donors (Lipinski definition) is 1. The molecule has 0 spiro atoms. The Morgan fingerprint density at radius 2 is 1.52 bits per heavy atom. The summed E-state index contributed by atoms with van der Waals surface area (Å²) in [4.78, 5) is 12.0. The third kappa shape index (κ3) is 5.69. The van der Waals surface area contributed by atoms with E-state index in [1.807, 2.05) is 13.8 Å². The van der Waals surface area contributed by atoms with E-state index in [9.17, 15) is 9.90 Å². The van der Waals surface area contributed by atoms with Gasteiger partial charge in [-0.1, -0.05) is 83.4 Å². The van der Waals surface area contributed by atoms with Gasteiger partial charge in [0.05, 0.1) is 4.75 Å². The lowest BCUT2D eigenvalue weighted by Crippen LogP contribution is -2.20. The zero-order chi connectivity index (χ0) is 15.7. The summed E-state index contributed by atoms with van der Waals surface area (Å²) in [5.74, 6) is 0.363. The van der Waals surface area contributed by atoms with Crippen LogP contribution in [0, 0.1) is 0 Å². The lowest BCUT2D eigenvalue weighted by Gasteiger charge is -2.22. The molecule has 0 aliphatic carbocycles. The second-order valence-corrected chi connectivity index (χ2v) is 7.90. The monoisotopic (exact) mass is 312 g/mol. The number of carbonyl (C=O) groups is 1. The van der Waals surface area contributed by atoms with Crippen LogP contribution in [0.3, 0.4) is 0 Å². The first-order chi connectivity index (χ1) is 10.0. The van der Waals surface area contributed by atoms with Gasteiger partial charge in [0.15, 0.2) is 0 Å². The first kappa shape index (κ1) is 18.6. The Morgan fingerprint density at radius 1 is 0.952 bits per heavy atom. The van der Waals surface area contributed by atoms with E-state index in [1.54, 1.807) is 0 Å². The Kier molecular flexibility index (Phi) is 8.46. The van der Waals surface area contributed by atoms with Gasteiger partial charge in [-0.3, -0.25) is 4.79 Å². The van der Waals surface area contributed by atoms with Gasteiger partial charge in [0, 0.05) is 5.57 Å². The summed E-state index contributed by atoms with van der Waals surface area (Å²) in [6.45, 7) is 6.31. The van der Waals surface area contributed by atoms with Crippen LogP contribution in [0.1, 0.15) is 91.4 Å². The predicted octanol–water partition coefficient (Wildman–Crippen LogP) is 6.16. The third-order valence-corrected chi connectivity index (χ3v) is 5.64. The average molecular weight is 313 g/mol. The van der Waals surface area contributed by atoms with E-state index >= 15 is 0 Å². The molecule has 0 saturated heterocycles. The highest BCUT2D eigenvalue weighted by Crippen LogP contribution is 2.46. The van der Waals surface area contributed by atoms with Gasteiger partial charge in [-0.05, 0) is 19.8 Å². The highest BCUT2D eigenvalue weighted by Gasteiger charge is 2.42. The maximum absolute atomic E-state index is 12.0. The normalized spacial score (nSPS) is 22.3. The van der Waals surface area contributed by atoms with Crippen LogP contribution < -0.4 is 0 Å². The van der Waals surface area contributed by atoms with Crippen molar-refractivity contribution in [2.45, 2.75) is 96.1 Å². The second-order valence-electron chi connectivity index (χ2n) is 6.42. The first-order valence-electron chi connectivity index (χ1n) is 8.71. The van der Waals surface area contributed by atoms with Crippen molar-refractivity contribution in [1.82, 2.24) is 0 Å². The molecule has 0 radical (unpaired) electrons. The molecular formula is C18H32O2S. The van der Waals surface area contributed by atoms with Crippen LogP contribution in [0.25, 0.3) is 0 Å². The number of rotatable bonds is 11. The standard InChI is InChI=1S/C18H32O2S/c1-4-6-7-8-9-10-11-12-14-18(3)16(19)15(13-5-2)17(20)21-18/h19H,4-14H2,1-3H3. The molecule has 3 heteroatoms. The van der Waals surface area contributed by atoms with Crippen LogP contribution in [0.4, 0.5) is 0 Å². The summed E-state index contributed by atoms with van der Waals surface area (Å²) in [5.41, 5.74) is 0.671. The van der Waals surface area contributed by atoms with E-state index in [0.29, 0.717) is 17.8 Å². The predicted molar refractivity (Wildman–Crippen MR) is 92.8 cm³/mol. The number of unbranched alkanes of at least 4 members (excludes halogenated alkanes) is 7. The maximum atomic E-state index is 12.0. The van der Waals surface area contributed by atoms with E-state index in [1.165, 1.54) is 56.7 Å². The third-order valence-electron chi connectivity index (χ3n) is 4.36. The van der Waals surface area contributed by atoms with Crippen LogP contribution in [-0.4, -0.2) is 15.0 Å². The molecule has 0 fully saturated rings. The summed E-state index contributed by atoms with van der Waals surface area (Å²) < 4.78 is -0.357. The zero-order valence-corrected chi connectivity index (χ0v) is 14.9. The largest absolute Gasteiger partial charge is 0.510 e. The Hall–Kier alpha value is -0.440. The fraction of sp³-hybridized carbons (Fsp3) is 0.833. The molecule has 122 valence electrons. The number of hydrogen-bond acceptors (Lipinski definition) is 3. The molecule has 0 bridgehead atoms.